The van der Waals surface area contributed by atoms with Crippen molar-refractivity contribution in [1.29, 1.82) is 0 Å². The lowest BCUT2D eigenvalue weighted by atomic mass is 10.00. The van der Waals surface area contributed by atoms with Gasteiger partial charge < -0.3 is 9.64 Å². The van der Waals surface area contributed by atoms with E-state index in [0.29, 0.717) is 24.3 Å². The van der Waals surface area contributed by atoms with Gasteiger partial charge in [-0.2, -0.15) is 0 Å². The highest BCUT2D eigenvalue weighted by molar-refractivity contribution is 5.96. The van der Waals surface area contributed by atoms with Gasteiger partial charge >= 0.3 is 0 Å². The normalized spacial score (nSPS) is 10.6. The largest absolute Gasteiger partial charge is 0.496 e. The van der Waals surface area contributed by atoms with Crippen molar-refractivity contribution in [2.45, 2.75) is 13.5 Å². The molecule has 2 heterocycles. The predicted molar refractivity (Wildman–Crippen MR) is 116 cm³/mol. The van der Waals surface area contributed by atoms with E-state index in [1.54, 1.807) is 30.5 Å². The Bertz CT molecular complexity index is 1160. The number of methoxy groups -OCH3 is 1. The molecule has 4 rings (SSSR count). The van der Waals surface area contributed by atoms with Crippen molar-refractivity contribution in [3.8, 4) is 22.6 Å². The van der Waals surface area contributed by atoms with Crippen LogP contribution in [-0.2, 0) is 6.54 Å². The summed E-state index contributed by atoms with van der Waals surface area (Å²) in [6.07, 6.45) is 4.96. The second kappa shape index (κ2) is 9.17. The van der Waals surface area contributed by atoms with Gasteiger partial charge in [0, 0.05) is 36.6 Å². The number of carbonyl (C=O) groups is 1. The average molecular weight is 414 g/mol. The summed E-state index contributed by atoms with van der Waals surface area (Å²) >= 11 is 0. The molecule has 0 unspecified atom stereocenters. The standard InChI is InChI=1S/C23H22N6O2/c1-3-28(15-17-8-10-24-11-9-17)23(30)19-12-18(21-6-4-5-7-22(21)31-2)13-20(14-19)29-16-25-26-27-29/h4-14,16H,3,15H2,1-2H3. The van der Waals surface area contributed by atoms with Crippen LogP contribution in [0.2, 0.25) is 0 Å². The minimum atomic E-state index is -0.0783. The van der Waals surface area contributed by atoms with Crippen LogP contribution in [-0.4, -0.2) is 49.7 Å². The number of ether oxygens (including phenoxy) is 1. The number of hydrogen-bond acceptors (Lipinski definition) is 6. The molecule has 2 aromatic heterocycles. The molecule has 8 heteroatoms. The Morgan fingerprint density at radius 1 is 1.10 bits per heavy atom. The Morgan fingerprint density at radius 3 is 2.61 bits per heavy atom. The number of aromatic nitrogens is 5. The zero-order valence-electron chi connectivity index (χ0n) is 17.3. The van der Waals surface area contributed by atoms with Crippen LogP contribution in [0.4, 0.5) is 0 Å². The number of carbonyl (C=O) groups excluding carboxylic acids is 1. The second-order valence-corrected chi connectivity index (χ2v) is 6.90. The summed E-state index contributed by atoms with van der Waals surface area (Å²) < 4.78 is 7.07. The number of nitrogens with zero attached hydrogens (tertiary/aromatic N) is 6. The first-order valence-electron chi connectivity index (χ1n) is 9.89. The molecule has 2 aromatic carbocycles. The molecule has 0 N–H and O–H groups in total. The summed E-state index contributed by atoms with van der Waals surface area (Å²) in [5.41, 5.74) is 3.98. The quantitative estimate of drug-likeness (QED) is 0.461. The molecule has 0 bridgehead atoms. The number of tetrazole rings is 1. The lowest BCUT2D eigenvalue weighted by Crippen LogP contribution is -2.30. The zero-order chi connectivity index (χ0) is 21.6. The number of amides is 1. The predicted octanol–water partition coefficient (Wildman–Crippen LogP) is 3.40. The molecule has 0 aliphatic heterocycles. The van der Waals surface area contributed by atoms with E-state index in [1.807, 2.05) is 55.5 Å². The van der Waals surface area contributed by atoms with Crippen LogP contribution in [0.5, 0.6) is 5.75 Å². The van der Waals surface area contributed by atoms with Gasteiger partial charge in [-0.1, -0.05) is 18.2 Å². The molecule has 0 radical (unpaired) electrons. The van der Waals surface area contributed by atoms with Gasteiger partial charge in [0.2, 0.25) is 0 Å². The first-order chi connectivity index (χ1) is 15.2. The number of rotatable bonds is 7. The summed E-state index contributed by atoms with van der Waals surface area (Å²) in [5, 5.41) is 11.4. The van der Waals surface area contributed by atoms with Crippen LogP contribution in [0.3, 0.4) is 0 Å². The van der Waals surface area contributed by atoms with Gasteiger partial charge in [-0.15, -0.1) is 5.10 Å². The molecule has 156 valence electrons. The average Bonchev–Trinajstić information content (AvgIpc) is 3.37. The Hall–Kier alpha value is -4.07. The Balaban J connectivity index is 1.77. The highest BCUT2D eigenvalue weighted by Gasteiger charge is 2.18. The highest BCUT2D eigenvalue weighted by atomic mass is 16.5. The van der Waals surface area contributed by atoms with Gasteiger partial charge in [0.15, 0.2) is 0 Å². The van der Waals surface area contributed by atoms with Crippen molar-refractivity contribution in [1.82, 2.24) is 30.1 Å². The van der Waals surface area contributed by atoms with Crippen molar-refractivity contribution in [3.05, 3.63) is 84.4 Å². The summed E-state index contributed by atoms with van der Waals surface area (Å²) in [6.45, 7) is 3.03. The molecule has 0 spiro atoms. The topological polar surface area (TPSA) is 86.0 Å². The molecule has 8 nitrogen and oxygen atoms in total. The number of pyridine rings is 1. The number of para-hydroxylation sites is 1. The maximum absolute atomic E-state index is 13.5. The highest BCUT2D eigenvalue weighted by Crippen LogP contribution is 2.32. The van der Waals surface area contributed by atoms with Crippen LogP contribution in [0.25, 0.3) is 16.8 Å². The molecule has 4 aromatic rings. The fourth-order valence-electron chi connectivity index (χ4n) is 3.40. The Labute approximate surface area is 180 Å². The van der Waals surface area contributed by atoms with Gasteiger partial charge in [0.1, 0.15) is 12.1 Å². The van der Waals surface area contributed by atoms with Gasteiger partial charge in [-0.05, 0) is 64.9 Å². The summed E-state index contributed by atoms with van der Waals surface area (Å²) in [4.78, 5) is 19.3. The van der Waals surface area contributed by atoms with E-state index in [0.717, 1.165) is 22.4 Å². The smallest absolute Gasteiger partial charge is 0.254 e. The van der Waals surface area contributed by atoms with E-state index in [4.69, 9.17) is 4.74 Å². The summed E-state index contributed by atoms with van der Waals surface area (Å²) in [5.74, 6) is 0.643. The maximum Gasteiger partial charge on any atom is 0.254 e. The zero-order valence-corrected chi connectivity index (χ0v) is 17.3. The van der Waals surface area contributed by atoms with E-state index >= 15 is 0 Å². The summed E-state index contributed by atoms with van der Waals surface area (Å²) in [6, 6.07) is 17.1. The first-order valence-corrected chi connectivity index (χ1v) is 9.89. The molecular weight excluding hydrogens is 392 g/mol. The van der Waals surface area contributed by atoms with Gasteiger partial charge in [0.05, 0.1) is 12.8 Å². The fraction of sp³-hybridized carbons (Fsp3) is 0.174. The number of benzene rings is 2. The lowest BCUT2D eigenvalue weighted by Gasteiger charge is -2.22. The van der Waals surface area contributed by atoms with Crippen molar-refractivity contribution >= 4 is 5.91 Å². The first kappa shape index (κ1) is 20.2. The second-order valence-electron chi connectivity index (χ2n) is 6.90. The van der Waals surface area contributed by atoms with Crippen molar-refractivity contribution in [2.24, 2.45) is 0 Å². The van der Waals surface area contributed by atoms with E-state index in [9.17, 15) is 4.79 Å². The van der Waals surface area contributed by atoms with E-state index in [1.165, 1.54) is 11.0 Å². The minimum Gasteiger partial charge on any atom is -0.496 e. The molecule has 0 fully saturated rings. The molecule has 0 aliphatic carbocycles. The van der Waals surface area contributed by atoms with Crippen LogP contribution >= 0.6 is 0 Å². The molecular formula is C23H22N6O2. The van der Waals surface area contributed by atoms with E-state index in [-0.39, 0.29) is 5.91 Å². The van der Waals surface area contributed by atoms with Crippen molar-refractivity contribution in [3.63, 3.8) is 0 Å². The summed E-state index contributed by atoms with van der Waals surface area (Å²) in [7, 11) is 1.63. The van der Waals surface area contributed by atoms with Crippen molar-refractivity contribution < 1.29 is 9.53 Å². The van der Waals surface area contributed by atoms with Crippen LogP contribution in [0, 0.1) is 0 Å². The minimum absolute atomic E-state index is 0.0783. The van der Waals surface area contributed by atoms with Crippen LogP contribution < -0.4 is 4.74 Å². The third kappa shape index (κ3) is 4.42. The molecule has 0 atom stereocenters. The monoisotopic (exact) mass is 414 g/mol. The molecule has 0 aliphatic rings. The van der Waals surface area contributed by atoms with E-state index in [2.05, 4.69) is 20.5 Å². The number of hydrogen-bond donors (Lipinski definition) is 0. The van der Waals surface area contributed by atoms with Crippen LogP contribution in [0.1, 0.15) is 22.8 Å². The SMILES string of the molecule is CCN(Cc1ccncc1)C(=O)c1cc(-c2ccccc2OC)cc(-n2cnnn2)c1. The van der Waals surface area contributed by atoms with Gasteiger partial charge in [-0.25, -0.2) is 4.68 Å². The van der Waals surface area contributed by atoms with Gasteiger partial charge in [-0.3, -0.25) is 9.78 Å². The Morgan fingerprint density at radius 2 is 1.90 bits per heavy atom. The molecule has 0 saturated carbocycles. The maximum atomic E-state index is 13.5. The lowest BCUT2D eigenvalue weighted by molar-refractivity contribution is 0.0752. The molecule has 1 amide bonds. The van der Waals surface area contributed by atoms with Crippen LogP contribution in [0.15, 0.2) is 73.3 Å². The van der Waals surface area contributed by atoms with E-state index < -0.39 is 0 Å². The Kier molecular flexibility index (Phi) is 5.98. The van der Waals surface area contributed by atoms with Gasteiger partial charge in [0.25, 0.3) is 5.91 Å². The molecule has 31 heavy (non-hydrogen) atoms. The third-order valence-electron chi connectivity index (χ3n) is 4.99. The molecule has 0 saturated heterocycles. The fourth-order valence-corrected chi connectivity index (χ4v) is 3.40. The van der Waals surface area contributed by atoms with Crippen molar-refractivity contribution in [2.75, 3.05) is 13.7 Å². The third-order valence-corrected chi connectivity index (χ3v) is 4.99.